The predicted molar refractivity (Wildman–Crippen MR) is 77.5 cm³/mol. The molecular weight excluding hydrogens is 279 g/mol. The molecule has 20 heavy (non-hydrogen) atoms. The van der Waals surface area contributed by atoms with Crippen LogP contribution in [-0.4, -0.2) is 22.8 Å². The van der Waals surface area contributed by atoms with Crippen molar-refractivity contribution in [3.63, 3.8) is 0 Å². The molecular formula is C15H18ClFN2O. The average molecular weight is 297 g/mol. The second kappa shape index (κ2) is 5.70. The number of aromatic nitrogens is 2. The molecule has 1 aromatic carbocycles. The number of benzene rings is 1. The summed E-state index contributed by atoms with van der Waals surface area (Å²) < 4.78 is 21.5. The summed E-state index contributed by atoms with van der Waals surface area (Å²) >= 11 is 6.21. The Kier molecular flexibility index (Phi) is 3.94. The molecule has 1 aromatic heterocycles. The first-order valence-corrected chi connectivity index (χ1v) is 7.47. The van der Waals surface area contributed by atoms with Gasteiger partial charge in [0.15, 0.2) is 5.82 Å². The van der Waals surface area contributed by atoms with E-state index in [4.69, 9.17) is 16.3 Å². The zero-order chi connectivity index (χ0) is 14.1. The third kappa shape index (κ3) is 2.54. The molecule has 3 rings (SSSR count). The summed E-state index contributed by atoms with van der Waals surface area (Å²) in [5, 5.41) is -0.244. The number of para-hydroxylation sites is 1. The Bertz CT molecular complexity index is 605. The van der Waals surface area contributed by atoms with Crippen LogP contribution >= 0.6 is 11.6 Å². The SMILES string of the molecule is CC(Cl)c1nc2c(F)cccc2n1CC1CCCOC1. The second-order valence-corrected chi connectivity index (χ2v) is 6.04. The van der Waals surface area contributed by atoms with E-state index in [0.717, 1.165) is 43.9 Å². The lowest BCUT2D eigenvalue weighted by Gasteiger charge is -2.23. The number of hydrogen-bond donors (Lipinski definition) is 0. The molecule has 0 spiro atoms. The van der Waals surface area contributed by atoms with Crippen LogP contribution in [0.15, 0.2) is 18.2 Å². The van der Waals surface area contributed by atoms with Gasteiger partial charge in [0.1, 0.15) is 11.3 Å². The summed E-state index contributed by atoms with van der Waals surface area (Å²) in [7, 11) is 0. The van der Waals surface area contributed by atoms with Crippen molar-refractivity contribution in [2.75, 3.05) is 13.2 Å². The first kappa shape index (κ1) is 13.8. The van der Waals surface area contributed by atoms with Crippen molar-refractivity contribution in [3.8, 4) is 0 Å². The Morgan fingerprint density at radius 3 is 3.10 bits per heavy atom. The van der Waals surface area contributed by atoms with Crippen molar-refractivity contribution in [2.24, 2.45) is 5.92 Å². The van der Waals surface area contributed by atoms with Gasteiger partial charge in [-0.2, -0.15) is 0 Å². The number of halogens is 2. The molecule has 1 aliphatic heterocycles. The Morgan fingerprint density at radius 1 is 1.55 bits per heavy atom. The number of hydrogen-bond acceptors (Lipinski definition) is 2. The van der Waals surface area contributed by atoms with Crippen molar-refractivity contribution in [1.29, 1.82) is 0 Å². The van der Waals surface area contributed by atoms with E-state index in [1.54, 1.807) is 6.07 Å². The Balaban J connectivity index is 2.02. The van der Waals surface area contributed by atoms with Crippen LogP contribution in [0.25, 0.3) is 11.0 Å². The van der Waals surface area contributed by atoms with Crippen LogP contribution in [-0.2, 0) is 11.3 Å². The van der Waals surface area contributed by atoms with Crippen LogP contribution in [0.3, 0.4) is 0 Å². The topological polar surface area (TPSA) is 27.1 Å². The molecule has 1 fully saturated rings. The first-order chi connectivity index (χ1) is 9.66. The standard InChI is InChI=1S/C15H18ClFN2O/c1-10(16)15-18-14-12(17)5-2-6-13(14)19(15)8-11-4-3-7-20-9-11/h2,5-6,10-11H,3-4,7-9H2,1H3. The number of fused-ring (bicyclic) bond motifs is 1. The number of ether oxygens (including phenoxy) is 1. The summed E-state index contributed by atoms with van der Waals surface area (Å²) in [6.07, 6.45) is 2.21. The Labute approximate surface area is 122 Å². The first-order valence-electron chi connectivity index (χ1n) is 7.03. The van der Waals surface area contributed by atoms with Gasteiger partial charge >= 0.3 is 0 Å². The van der Waals surface area contributed by atoms with Crippen LogP contribution in [0.4, 0.5) is 4.39 Å². The molecule has 2 unspecified atom stereocenters. The molecule has 1 saturated heterocycles. The molecule has 3 nitrogen and oxygen atoms in total. The average Bonchev–Trinajstić information content (AvgIpc) is 2.81. The van der Waals surface area contributed by atoms with Crippen LogP contribution < -0.4 is 0 Å². The van der Waals surface area contributed by atoms with E-state index in [1.807, 2.05) is 13.0 Å². The molecule has 0 amide bonds. The van der Waals surface area contributed by atoms with Gasteiger partial charge in [-0.05, 0) is 31.9 Å². The maximum Gasteiger partial charge on any atom is 0.151 e. The lowest BCUT2D eigenvalue weighted by atomic mass is 10.0. The van der Waals surface area contributed by atoms with Gasteiger partial charge in [0, 0.05) is 19.1 Å². The minimum Gasteiger partial charge on any atom is -0.381 e. The molecule has 0 saturated carbocycles. The van der Waals surface area contributed by atoms with Crippen molar-refractivity contribution in [2.45, 2.75) is 31.7 Å². The number of imidazole rings is 1. The zero-order valence-corrected chi connectivity index (χ0v) is 12.2. The van der Waals surface area contributed by atoms with E-state index in [0.29, 0.717) is 11.4 Å². The molecule has 0 aliphatic carbocycles. The molecule has 108 valence electrons. The summed E-state index contributed by atoms with van der Waals surface area (Å²) in [6, 6.07) is 5.06. The molecule has 2 aromatic rings. The van der Waals surface area contributed by atoms with Crippen LogP contribution in [0.5, 0.6) is 0 Å². The van der Waals surface area contributed by atoms with Gasteiger partial charge in [0.2, 0.25) is 0 Å². The number of nitrogens with zero attached hydrogens (tertiary/aromatic N) is 2. The molecule has 2 heterocycles. The molecule has 2 atom stereocenters. The largest absolute Gasteiger partial charge is 0.381 e. The smallest absolute Gasteiger partial charge is 0.151 e. The highest BCUT2D eigenvalue weighted by atomic mass is 35.5. The van der Waals surface area contributed by atoms with Crippen LogP contribution in [0.2, 0.25) is 0 Å². The third-order valence-electron chi connectivity index (χ3n) is 3.81. The summed E-state index contributed by atoms with van der Waals surface area (Å²) in [5.74, 6) is 0.885. The second-order valence-electron chi connectivity index (χ2n) is 5.39. The quantitative estimate of drug-likeness (QED) is 0.803. The van der Waals surface area contributed by atoms with E-state index in [9.17, 15) is 4.39 Å². The van der Waals surface area contributed by atoms with E-state index in [-0.39, 0.29) is 11.2 Å². The van der Waals surface area contributed by atoms with E-state index in [1.165, 1.54) is 6.07 Å². The summed E-state index contributed by atoms with van der Waals surface area (Å²) in [5.41, 5.74) is 1.23. The fourth-order valence-electron chi connectivity index (χ4n) is 2.84. The predicted octanol–water partition coefficient (Wildman–Crippen LogP) is 3.90. The monoisotopic (exact) mass is 296 g/mol. The van der Waals surface area contributed by atoms with Gasteiger partial charge in [-0.25, -0.2) is 9.37 Å². The van der Waals surface area contributed by atoms with E-state index < -0.39 is 0 Å². The van der Waals surface area contributed by atoms with Gasteiger partial charge in [-0.15, -0.1) is 11.6 Å². The number of rotatable bonds is 3. The molecule has 0 N–H and O–H groups in total. The molecule has 0 bridgehead atoms. The minimum absolute atomic E-state index is 0.244. The van der Waals surface area contributed by atoms with Crippen molar-refractivity contribution < 1.29 is 9.13 Å². The fraction of sp³-hybridized carbons (Fsp3) is 0.533. The van der Waals surface area contributed by atoms with Gasteiger partial charge in [-0.3, -0.25) is 0 Å². The fourth-order valence-corrected chi connectivity index (χ4v) is 3.00. The highest BCUT2D eigenvalue weighted by Crippen LogP contribution is 2.28. The van der Waals surface area contributed by atoms with Crippen molar-refractivity contribution in [3.05, 3.63) is 29.8 Å². The van der Waals surface area contributed by atoms with E-state index >= 15 is 0 Å². The van der Waals surface area contributed by atoms with Gasteiger partial charge < -0.3 is 9.30 Å². The normalized spacial score (nSPS) is 21.2. The van der Waals surface area contributed by atoms with E-state index in [2.05, 4.69) is 9.55 Å². The summed E-state index contributed by atoms with van der Waals surface area (Å²) in [4.78, 5) is 4.39. The van der Waals surface area contributed by atoms with Gasteiger partial charge in [0.05, 0.1) is 17.5 Å². The van der Waals surface area contributed by atoms with Gasteiger partial charge in [-0.1, -0.05) is 6.07 Å². The Morgan fingerprint density at radius 2 is 2.40 bits per heavy atom. The van der Waals surface area contributed by atoms with Crippen LogP contribution in [0.1, 0.15) is 31.0 Å². The van der Waals surface area contributed by atoms with Crippen LogP contribution in [0, 0.1) is 11.7 Å². The highest BCUT2D eigenvalue weighted by molar-refractivity contribution is 6.20. The maximum absolute atomic E-state index is 13.9. The highest BCUT2D eigenvalue weighted by Gasteiger charge is 2.21. The zero-order valence-electron chi connectivity index (χ0n) is 11.5. The molecule has 0 radical (unpaired) electrons. The van der Waals surface area contributed by atoms with Crippen molar-refractivity contribution in [1.82, 2.24) is 9.55 Å². The number of alkyl halides is 1. The Hall–Kier alpha value is -1.13. The lowest BCUT2D eigenvalue weighted by molar-refractivity contribution is 0.0485. The van der Waals surface area contributed by atoms with Crippen molar-refractivity contribution >= 4 is 22.6 Å². The molecule has 1 aliphatic rings. The summed E-state index contributed by atoms with van der Waals surface area (Å²) in [6.45, 7) is 4.25. The maximum atomic E-state index is 13.9. The van der Waals surface area contributed by atoms with Gasteiger partial charge in [0.25, 0.3) is 0 Å². The minimum atomic E-state index is -0.292. The molecule has 5 heteroatoms. The third-order valence-corrected chi connectivity index (χ3v) is 4.01. The lowest BCUT2D eigenvalue weighted by Crippen LogP contribution is -2.23.